The Morgan fingerprint density at radius 1 is 1.03 bits per heavy atom. The van der Waals surface area contributed by atoms with Crippen LogP contribution in [0.2, 0.25) is 0 Å². The zero-order valence-corrected chi connectivity index (χ0v) is 34.1. The van der Waals surface area contributed by atoms with Gasteiger partial charge in [0.25, 0.3) is 5.91 Å². The van der Waals surface area contributed by atoms with Crippen molar-refractivity contribution in [3.8, 4) is 11.6 Å². The number of nitrogens with one attached hydrogen (secondary N) is 3. The molecule has 3 N–H and O–H groups in total. The molecule has 17 heteroatoms. The molecule has 2 bridgehead atoms. The summed E-state index contributed by atoms with van der Waals surface area (Å²) in [5.41, 5.74) is -1.62. The first-order chi connectivity index (χ1) is 27.5. The van der Waals surface area contributed by atoms with Gasteiger partial charge in [-0.1, -0.05) is 33.6 Å². The van der Waals surface area contributed by atoms with E-state index in [-0.39, 0.29) is 25.0 Å². The van der Waals surface area contributed by atoms with Gasteiger partial charge in [0.15, 0.2) is 0 Å². The van der Waals surface area contributed by atoms with Crippen LogP contribution in [0.4, 0.5) is 13.6 Å². The molecule has 8 rings (SSSR count). The Hall–Kier alpha value is -4.28. The highest BCUT2D eigenvalue weighted by Crippen LogP contribution is 2.58. The van der Waals surface area contributed by atoms with Gasteiger partial charge < -0.3 is 29.7 Å². The number of fused-ring (bicyclic) bond motifs is 7. The number of hydrogen-bond acceptors (Lipinski definition) is 10. The summed E-state index contributed by atoms with van der Waals surface area (Å²) in [6, 6.07) is 5.05. The average molecular weight is 830 g/mol. The Bertz CT molecular complexity index is 2090. The van der Waals surface area contributed by atoms with Crippen LogP contribution in [-0.4, -0.2) is 97.3 Å². The second-order valence-electron chi connectivity index (χ2n) is 18.3. The number of alkyl carbamates (subject to hydrolysis) is 1. The minimum absolute atomic E-state index is 0.111. The van der Waals surface area contributed by atoms with Crippen LogP contribution in [0.15, 0.2) is 24.3 Å². The molecular weight excluding hydrogens is 777 g/mol. The number of benzene rings is 1. The normalized spacial score (nSPS) is 32.7. The van der Waals surface area contributed by atoms with Crippen LogP contribution in [0, 0.1) is 29.1 Å². The van der Waals surface area contributed by atoms with Gasteiger partial charge in [-0.25, -0.2) is 27.0 Å². The number of amides is 4. The number of pyridine rings is 1. The van der Waals surface area contributed by atoms with Gasteiger partial charge in [-0.05, 0) is 92.7 Å². The van der Waals surface area contributed by atoms with E-state index in [2.05, 4.69) is 10.6 Å². The maximum absolute atomic E-state index is 14.8. The predicted molar refractivity (Wildman–Crippen MR) is 206 cm³/mol. The molecule has 2 aromatic rings. The molecule has 2 aliphatic heterocycles. The van der Waals surface area contributed by atoms with Crippen LogP contribution in [0.3, 0.4) is 0 Å². The van der Waals surface area contributed by atoms with Gasteiger partial charge in [-0.2, -0.15) is 0 Å². The average Bonchev–Trinajstić information content (AvgIpc) is 4.10. The van der Waals surface area contributed by atoms with E-state index in [0.29, 0.717) is 48.2 Å². The van der Waals surface area contributed by atoms with Gasteiger partial charge in [0.1, 0.15) is 35.6 Å². The molecule has 4 amide bonds. The molecule has 5 fully saturated rings. The number of aryl methyl sites for hydroxylation is 1. The first-order valence-electron chi connectivity index (χ1n) is 20.6. The van der Waals surface area contributed by atoms with E-state index in [1.165, 1.54) is 4.90 Å². The number of carbonyl (C=O) groups is 4. The molecule has 1 aromatic carbocycles. The number of aromatic nitrogens is 1. The fraction of sp³-hybridized carbons (Fsp3) is 0.683. The van der Waals surface area contributed by atoms with Gasteiger partial charge in [0, 0.05) is 23.4 Å². The lowest BCUT2D eigenvalue weighted by atomic mass is 9.85. The van der Waals surface area contributed by atoms with E-state index in [4.69, 9.17) is 19.2 Å². The van der Waals surface area contributed by atoms with Crippen LogP contribution in [0.5, 0.6) is 11.6 Å². The van der Waals surface area contributed by atoms with Crippen molar-refractivity contribution in [3.63, 3.8) is 0 Å². The quantitative estimate of drug-likeness (QED) is 0.356. The minimum Gasteiger partial charge on any atom is -0.497 e. The highest BCUT2D eigenvalue weighted by atomic mass is 32.2. The molecular formula is C41H53F2N5O9S. The van der Waals surface area contributed by atoms with Crippen LogP contribution >= 0.6 is 0 Å². The molecule has 6 aliphatic rings. The van der Waals surface area contributed by atoms with Crippen LogP contribution in [-0.2, 0) is 35.6 Å². The van der Waals surface area contributed by atoms with Gasteiger partial charge in [-0.3, -0.25) is 19.1 Å². The van der Waals surface area contributed by atoms with Crippen molar-refractivity contribution in [2.24, 2.45) is 29.1 Å². The smallest absolute Gasteiger partial charge is 0.408 e. The first kappa shape index (κ1) is 40.5. The number of hydrogen-bond donors (Lipinski definition) is 3. The monoisotopic (exact) mass is 829 g/mol. The number of rotatable bonds is 7. The number of methoxy groups -OCH3 is 1. The fourth-order valence-electron chi connectivity index (χ4n) is 9.48. The maximum atomic E-state index is 14.8. The second kappa shape index (κ2) is 15.1. The molecule has 1 saturated heterocycles. The third-order valence-electron chi connectivity index (χ3n) is 13.1. The standard InChI is InChI=1S/C41H53F2N5O9S/c1-40(2,3)33-37(50)48-20-25(18-31(48)35(49)46-41(19-29(41)34(42)43)38(51)47-58(53,54)26-12-13-26)56-36-22(14-21-10-11-24(55-4)17-30(21)44-36)8-6-5-7-9-27-28-15-23(28)16-32(27)57-39(52)45-33/h10-11,14,17,23,25-29,31-34H,5-9,12-13,15-16,18-20H2,1-4H3,(H,45,52)(H,46,49)(H,47,51)/t23?,25-,27-,28+,29+,31+,32-,33-,41-/m1/s1. The number of carbonyl (C=O) groups excluding carboxylic acids is 4. The van der Waals surface area contributed by atoms with Crippen molar-refractivity contribution in [2.75, 3.05) is 13.7 Å². The summed E-state index contributed by atoms with van der Waals surface area (Å²) >= 11 is 0. The summed E-state index contributed by atoms with van der Waals surface area (Å²) in [7, 11) is -2.57. The molecule has 0 spiro atoms. The minimum atomic E-state index is -4.13. The van der Waals surface area contributed by atoms with Crippen molar-refractivity contribution in [3.05, 3.63) is 29.8 Å². The lowest BCUT2D eigenvalue weighted by Gasteiger charge is -2.36. The molecule has 1 unspecified atom stereocenters. The number of sulfonamides is 1. The Morgan fingerprint density at radius 2 is 1.81 bits per heavy atom. The molecule has 0 radical (unpaired) electrons. The summed E-state index contributed by atoms with van der Waals surface area (Å²) in [4.78, 5) is 62.3. The number of ether oxygens (including phenoxy) is 3. The van der Waals surface area contributed by atoms with Gasteiger partial charge in [0.05, 0.1) is 30.3 Å². The van der Waals surface area contributed by atoms with E-state index in [1.807, 2.05) is 22.9 Å². The third-order valence-corrected chi connectivity index (χ3v) is 14.9. The topological polar surface area (TPSA) is 182 Å². The van der Waals surface area contributed by atoms with Crippen LogP contribution in [0.25, 0.3) is 10.9 Å². The Morgan fingerprint density at radius 3 is 2.50 bits per heavy atom. The summed E-state index contributed by atoms with van der Waals surface area (Å²) in [5.74, 6) is -2.24. The van der Waals surface area contributed by atoms with E-state index >= 15 is 0 Å². The van der Waals surface area contributed by atoms with Crippen LogP contribution in [0.1, 0.15) is 90.5 Å². The van der Waals surface area contributed by atoms with Crippen molar-refractivity contribution in [1.29, 1.82) is 0 Å². The van der Waals surface area contributed by atoms with Crippen molar-refractivity contribution in [1.82, 2.24) is 25.2 Å². The van der Waals surface area contributed by atoms with E-state index in [1.54, 1.807) is 33.9 Å². The van der Waals surface area contributed by atoms with Crippen molar-refractivity contribution >= 4 is 44.7 Å². The lowest BCUT2D eigenvalue weighted by molar-refractivity contribution is -0.143. The second-order valence-corrected chi connectivity index (χ2v) is 20.3. The fourth-order valence-corrected chi connectivity index (χ4v) is 10.8. The summed E-state index contributed by atoms with van der Waals surface area (Å²) in [6.07, 6.45) is 1.40. The molecule has 58 heavy (non-hydrogen) atoms. The highest BCUT2D eigenvalue weighted by Gasteiger charge is 2.67. The summed E-state index contributed by atoms with van der Waals surface area (Å²) in [6.45, 7) is 5.17. The Balaban J connectivity index is 1.13. The zero-order valence-electron chi connectivity index (χ0n) is 33.3. The molecule has 9 atom stereocenters. The highest BCUT2D eigenvalue weighted by molar-refractivity contribution is 7.91. The number of nitrogens with zero attached hydrogens (tertiary/aromatic N) is 2. The van der Waals surface area contributed by atoms with Gasteiger partial charge in [-0.15, -0.1) is 0 Å². The lowest BCUT2D eigenvalue weighted by Crippen LogP contribution is -2.60. The molecule has 14 nitrogen and oxygen atoms in total. The molecule has 4 aliphatic carbocycles. The van der Waals surface area contributed by atoms with Crippen molar-refractivity contribution < 1.29 is 50.6 Å². The number of alkyl halides is 2. The molecule has 3 heterocycles. The third kappa shape index (κ3) is 8.03. The summed E-state index contributed by atoms with van der Waals surface area (Å²) < 4.78 is 73.9. The largest absolute Gasteiger partial charge is 0.497 e. The summed E-state index contributed by atoms with van der Waals surface area (Å²) in [5, 5.41) is 5.35. The Labute approximate surface area is 336 Å². The van der Waals surface area contributed by atoms with Gasteiger partial charge in [0.2, 0.25) is 34.1 Å². The SMILES string of the molecule is COc1ccc2cc3c(nc2c1)O[C@@H]1C[C@@H](C(=O)N[C@]2(C(=O)NS(=O)(=O)C4CC4)C[C@H]2C(F)F)N(C1)C(=O)[C@H](C(C)(C)C)NC(=O)O[C@@H]1CC2C[C@@H]2[C@H]1CCCCC3. The Kier molecular flexibility index (Phi) is 10.5. The molecule has 316 valence electrons. The van der Waals surface area contributed by atoms with Gasteiger partial charge >= 0.3 is 6.09 Å². The molecule has 1 aromatic heterocycles. The van der Waals surface area contributed by atoms with E-state index < -0.39 is 87.0 Å². The van der Waals surface area contributed by atoms with E-state index in [0.717, 1.165) is 49.5 Å². The van der Waals surface area contributed by atoms with E-state index in [9.17, 15) is 36.4 Å². The van der Waals surface area contributed by atoms with Crippen molar-refractivity contribution in [2.45, 2.75) is 133 Å². The predicted octanol–water partition coefficient (Wildman–Crippen LogP) is 4.62. The maximum Gasteiger partial charge on any atom is 0.408 e. The van der Waals surface area contributed by atoms with Crippen LogP contribution < -0.4 is 24.8 Å². The first-order valence-corrected chi connectivity index (χ1v) is 22.1. The molecule has 4 saturated carbocycles. The number of halogens is 2. The zero-order chi connectivity index (χ0) is 41.3.